The lowest BCUT2D eigenvalue weighted by molar-refractivity contribution is 0.0398. The lowest BCUT2D eigenvalue weighted by Gasteiger charge is -2.36. The molecule has 0 bridgehead atoms. The van der Waals surface area contributed by atoms with Crippen LogP contribution in [0.3, 0.4) is 0 Å². The van der Waals surface area contributed by atoms with Gasteiger partial charge in [-0.2, -0.15) is 0 Å². The van der Waals surface area contributed by atoms with Gasteiger partial charge in [0.1, 0.15) is 0 Å². The van der Waals surface area contributed by atoms with Crippen LogP contribution in [0.15, 0.2) is 0 Å². The molecule has 1 fully saturated rings. The van der Waals surface area contributed by atoms with E-state index in [2.05, 4.69) is 11.8 Å². The molecule has 1 rings (SSSR count). The van der Waals surface area contributed by atoms with Crippen LogP contribution in [0.25, 0.3) is 0 Å². The Labute approximate surface area is 111 Å². The van der Waals surface area contributed by atoms with Gasteiger partial charge in [-0.25, -0.2) is 0 Å². The molecule has 1 saturated heterocycles. The minimum absolute atomic E-state index is 0.107. The minimum atomic E-state index is 0.107. The van der Waals surface area contributed by atoms with Crippen LogP contribution >= 0.6 is 0 Å². The van der Waals surface area contributed by atoms with Crippen LogP contribution in [0.1, 0.15) is 13.3 Å². The molecule has 2 unspecified atom stereocenters. The Balaban J connectivity index is 2.57. The number of hydrogen-bond donors (Lipinski definition) is 1. The van der Waals surface area contributed by atoms with Crippen LogP contribution in [-0.2, 0) is 14.2 Å². The van der Waals surface area contributed by atoms with Crippen LogP contribution in [-0.4, -0.2) is 71.2 Å². The Bertz CT molecular complexity index is 220. The third-order valence-electron chi connectivity index (χ3n) is 3.77. The van der Waals surface area contributed by atoms with Gasteiger partial charge in [0.15, 0.2) is 0 Å². The summed E-state index contributed by atoms with van der Waals surface area (Å²) >= 11 is 0. The molecule has 0 aromatic carbocycles. The largest absolute Gasteiger partial charge is 0.383 e. The maximum atomic E-state index is 5.95. The summed E-state index contributed by atoms with van der Waals surface area (Å²) in [5, 5.41) is 0. The first kappa shape index (κ1) is 15.9. The predicted octanol–water partition coefficient (Wildman–Crippen LogP) is 0.335. The molecule has 2 atom stereocenters. The summed E-state index contributed by atoms with van der Waals surface area (Å²) < 4.78 is 16.0. The first-order chi connectivity index (χ1) is 8.67. The van der Waals surface area contributed by atoms with E-state index in [-0.39, 0.29) is 5.41 Å². The van der Waals surface area contributed by atoms with Crippen molar-refractivity contribution in [2.24, 2.45) is 11.1 Å². The number of nitrogens with two attached hydrogens (primary N) is 1. The van der Waals surface area contributed by atoms with E-state index in [1.54, 1.807) is 14.2 Å². The summed E-state index contributed by atoms with van der Waals surface area (Å²) in [7, 11) is 3.47. The van der Waals surface area contributed by atoms with Gasteiger partial charge in [-0.3, -0.25) is 4.90 Å². The van der Waals surface area contributed by atoms with Crippen molar-refractivity contribution in [3.05, 3.63) is 0 Å². The van der Waals surface area contributed by atoms with E-state index in [9.17, 15) is 0 Å². The maximum Gasteiger partial charge on any atom is 0.0615 e. The molecule has 108 valence electrons. The Hall–Kier alpha value is -0.200. The molecule has 0 aromatic heterocycles. The van der Waals surface area contributed by atoms with Gasteiger partial charge in [-0.05, 0) is 13.3 Å². The van der Waals surface area contributed by atoms with E-state index in [0.717, 1.165) is 45.9 Å². The smallest absolute Gasteiger partial charge is 0.0615 e. The SMILES string of the molecule is COCCN(CC1(CN)CCOC1)C(C)COC. The predicted molar refractivity (Wildman–Crippen MR) is 71.7 cm³/mol. The van der Waals surface area contributed by atoms with Gasteiger partial charge in [0.05, 0.1) is 19.8 Å². The van der Waals surface area contributed by atoms with Crippen molar-refractivity contribution in [1.29, 1.82) is 0 Å². The van der Waals surface area contributed by atoms with Crippen molar-refractivity contribution in [3.8, 4) is 0 Å². The fourth-order valence-corrected chi connectivity index (χ4v) is 2.44. The first-order valence-corrected chi connectivity index (χ1v) is 6.67. The van der Waals surface area contributed by atoms with Crippen LogP contribution in [0, 0.1) is 5.41 Å². The molecule has 1 heterocycles. The van der Waals surface area contributed by atoms with Crippen LogP contribution in [0.2, 0.25) is 0 Å². The van der Waals surface area contributed by atoms with Gasteiger partial charge in [0, 0.05) is 51.9 Å². The van der Waals surface area contributed by atoms with E-state index in [0.29, 0.717) is 12.6 Å². The van der Waals surface area contributed by atoms with Gasteiger partial charge >= 0.3 is 0 Å². The van der Waals surface area contributed by atoms with E-state index >= 15 is 0 Å². The quantitative estimate of drug-likeness (QED) is 0.648. The Kier molecular flexibility index (Phi) is 7.11. The maximum absolute atomic E-state index is 5.95. The molecule has 1 aliphatic heterocycles. The number of rotatable bonds is 9. The summed E-state index contributed by atoms with van der Waals surface area (Å²) in [5.74, 6) is 0. The van der Waals surface area contributed by atoms with Crippen molar-refractivity contribution in [2.45, 2.75) is 19.4 Å². The van der Waals surface area contributed by atoms with Crippen molar-refractivity contribution in [1.82, 2.24) is 4.90 Å². The highest BCUT2D eigenvalue weighted by Crippen LogP contribution is 2.29. The zero-order valence-electron chi connectivity index (χ0n) is 12.0. The topological polar surface area (TPSA) is 57.0 Å². The van der Waals surface area contributed by atoms with Crippen molar-refractivity contribution in [3.63, 3.8) is 0 Å². The molecular formula is C13H28N2O3. The zero-order valence-corrected chi connectivity index (χ0v) is 12.0. The van der Waals surface area contributed by atoms with Crippen molar-refractivity contribution in [2.75, 3.05) is 60.3 Å². The minimum Gasteiger partial charge on any atom is -0.383 e. The van der Waals surface area contributed by atoms with Gasteiger partial charge in [-0.1, -0.05) is 0 Å². The lowest BCUT2D eigenvalue weighted by Crippen LogP contribution is -2.48. The highest BCUT2D eigenvalue weighted by atomic mass is 16.5. The van der Waals surface area contributed by atoms with E-state index < -0.39 is 0 Å². The lowest BCUT2D eigenvalue weighted by atomic mass is 9.86. The molecule has 0 aromatic rings. The van der Waals surface area contributed by atoms with E-state index in [4.69, 9.17) is 19.9 Å². The first-order valence-electron chi connectivity index (χ1n) is 6.67. The molecule has 18 heavy (non-hydrogen) atoms. The number of methoxy groups -OCH3 is 2. The third kappa shape index (κ3) is 4.48. The van der Waals surface area contributed by atoms with Crippen LogP contribution < -0.4 is 5.73 Å². The molecule has 0 amide bonds. The highest BCUT2D eigenvalue weighted by Gasteiger charge is 2.36. The Morgan fingerprint density at radius 1 is 1.39 bits per heavy atom. The molecule has 5 nitrogen and oxygen atoms in total. The van der Waals surface area contributed by atoms with Gasteiger partial charge in [-0.15, -0.1) is 0 Å². The monoisotopic (exact) mass is 260 g/mol. The molecule has 5 heteroatoms. The number of hydrogen-bond acceptors (Lipinski definition) is 5. The van der Waals surface area contributed by atoms with E-state index in [1.807, 2.05) is 0 Å². The fraction of sp³-hybridized carbons (Fsp3) is 1.00. The normalized spacial score (nSPS) is 25.8. The van der Waals surface area contributed by atoms with Crippen molar-refractivity contribution >= 4 is 0 Å². The third-order valence-corrected chi connectivity index (χ3v) is 3.77. The second-order valence-corrected chi connectivity index (χ2v) is 5.27. The van der Waals surface area contributed by atoms with Crippen LogP contribution in [0.5, 0.6) is 0 Å². The summed E-state index contributed by atoms with van der Waals surface area (Å²) in [6, 6.07) is 0.370. The molecule has 0 aliphatic carbocycles. The average Bonchev–Trinajstić information content (AvgIpc) is 2.84. The van der Waals surface area contributed by atoms with Gasteiger partial charge in [0.25, 0.3) is 0 Å². The zero-order chi connectivity index (χ0) is 13.4. The van der Waals surface area contributed by atoms with Gasteiger partial charge < -0.3 is 19.9 Å². The molecule has 0 spiro atoms. The molecule has 1 aliphatic rings. The summed E-state index contributed by atoms with van der Waals surface area (Å²) in [4.78, 5) is 2.40. The standard InChI is InChI=1S/C13H28N2O3/c1-12(8-17-3)15(5-7-16-2)10-13(9-14)4-6-18-11-13/h12H,4-11,14H2,1-3H3. The summed E-state index contributed by atoms with van der Waals surface area (Å²) in [6.45, 7) is 7.77. The Morgan fingerprint density at radius 3 is 2.67 bits per heavy atom. The molecular weight excluding hydrogens is 232 g/mol. The summed E-state index contributed by atoms with van der Waals surface area (Å²) in [5.41, 5.74) is 6.06. The fourth-order valence-electron chi connectivity index (χ4n) is 2.44. The Morgan fingerprint density at radius 2 is 2.17 bits per heavy atom. The van der Waals surface area contributed by atoms with E-state index in [1.165, 1.54) is 0 Å². The molecule has 0 saturated carbocycles. The number of ether oxygens (including phenoxy) is 3. The molecule has 2 N–H and O–H groups in total. The highest BCUT2D eigenvalue weighted by molar-refractivity contribution is 4.88. The second kappa shape index (κ2) is 8.07. The molecule has 0 radical (unpaired) electrons. The number of nitrogens with zero attached hydrogens (tertiary/aromatic N) is 1. The van der Waals surface area contributed by atoms with Crippen LogP contribution in [0.4, 0.5) is 0 Å². The summed E-state index contributed by atoms with van der Waals surface area (Å²) in [6.07, 6.45) is 1.05. The average molecular weight is 260 g/mol. The van der Waals surface area contributed by atoms with Crippen molar-refractivity contribution < 1.29 is 14.2 Å². The second-order valence-electron chi connectivity index (χ2n) is 5.27. The van der Waals surface area contributed by atoms with Gasteiger partial charge in [0.2, 0.25) is 0 Å².